The van der Waals surface area contributed by atoms with Crippen molar-refractivity contribution in [2.75, 3.05) is 13.7 Å². The van der Waals surface area contributed by atoms with Crippen molar-refractivity contribution in [3.8, 4) is 0 Å². The van der Waals surface area contributed by atoms with Crippen molar-refractivity contribution in [1.29, 1.82) is 0 Å². The molecule has 0 saturated heterocycles. The largest absolute Gasteiger partial charge is 0.478 e. The third kappa shape index (κ3) is 5.31. The van der Waals surface area contributed by atoms with E-state index in [4.69, 9.17) is 9.84 Å². The van der Waals surface area contributed by atoms with Gasteiger partial charge in [-0.15, -0.1) is 0 Å². The zero-order valence-electron chi connectivity index (χ0n) is 10.8. The Kier molecular flexibility index (Phi) is 5.69. The maximum absolute atomic E-state index is 11.7. The van der Waals surface area contributed by atoms with Gasteiger partial charge < -0.3 is 15.2 Å². The number of rotatable bonds is 6. The molecule has 0 radical (unpaired) electrons. The first kappa shape index (κ1) is 14.8. The molecule has 1 aromatic heterocycles. The van der Waals surface area contributed by atoms with Crippen LogP contribution in [-0.2, 0) is 9.53 Å². The fourth-order valence-electron chi connectivity index (χ4n) is 1.22. The van der Waals surface area contributed by atoms with Crippen molar-refractivity contribution < 1.29 is 19.4 Å². The smallest absolute Gasteiger partial charge is 0.328 e. The molecule has 1 rings (SSSR count). The SMILES string of the molecule is COC(C)CNC(=O)c1ccc(/C=C/C(=O)O)cn1. The van der Waals surface area contributed by atoms with Gasteiger partial charge in [0.05, 0.1) is 6.10 Å². The van der Waals surface area contributed by atoms with E-state index in [1.807, 2.05) is 6.92 Å². The fraction of sp³-hybridized carbons (Fsp3) is 0.308. The van der Waals surface area contributed by atoms with Gasteiger partial charge in [-0.1, -0.05) is 6.07 Å². The lowest BCUT2D eigenvalue weighted by Gasteiger charge is -2.10. The van der Waals surface area contributed by atoms with Crippen LogP contribution in [0.25, 0.3) is 6.08 Å². The third-order valence-corrected chi connectivity index (χ3v) is 2.39. The number of nitrogens with zero attached hydrogens (tertiary/aromatic N) is 1. The second-order valence-corrected chi connectivity index (χ2v) is 3.90. The Morgan fingerprint density at radius 2 is 2.26 bits per heavy atom. The standard InChI is InChI=1S/C13H16N2O4/c1-9(19-2)7-15-13(18)11-5-3-10(8-14-11)4-6-12(16)17/h3-6,8-9H,7H2,1-2H3,(H,15,18)(H,16,17)/b6-4+. The van der Waals surface area contributed by atoms with Gasteiger partial charge in [0.2, 0.25) is 0 Å². The molecule has 102 valence electrons. The topological polar surface area (TPSA) is 88.5 Å². The van der Waals surface area contributed by atoms with Crippen LogP contribution >= 0.6 is 0 Å². The van der Waals surface area contributed by atoms with E-state index in [9.17, 15) is 9.59 Å². The molecule has 1 amide bonds. The van der Waals surface area contributed by atoms with E-state index in [1.54, 1.807) is 13.2 Å². The normalized spacial score (nSPS) is 12.3. The van der Waals surface area contributed by atoms with Crippen molar-refractivity contribution in [2.45, 2.75) is 13.0 Å². The number of carbonyl (C=O) groups excluding carboxylic acids is 1. The fourth-order valence-corrected chi connectivity index (χ4v) is 1.22. The number of hydrogen-bond acceptors (Lipinski definition) is 4. The molecule has 19 heavy (non-hydrogen) atoms. The van der Waals surface area contributed by atoms with E-state index in [-0.39, 0.29) is 17.7 Å². The quantitative estimate of drug-likeness (QED) is 0.747. The number of aromatic nitrogens is 1. The van der Waals surface area contributed by atoms with Gasteiger partial charge in [-0.2, -0.15) is 0 Å². The summed E-state index contributed by atoms with van der Waals surface area (Å²) in [4.78, 5) is 26.0. The summed E-state index contributed by atoms with van der Waals surface area (Å²) >= 11 is 0. The Labute approximate surface area is 111 Å². The predicted octanol–water partition coefficient (Wildman–Crippen LogP) is 0.944. The molecule has 0 aliphatic rings. The summed E-state index contributed by atoms with van der Waals surface area (Å²) in [5.74, 6) is -1.33. The predicted molar refractivity (Wildman–Crippen MR) is 69.7 cm³/mol. The summed E-state index contributed by atoms with van der Waals surface area (Å²) in [6, 6.07) is 3.16. The second kappa shape index (κ2) is 7.27. The molecular weight excluding hydrogens is 248 g/mol. The van der Waals surface area contributed by atoms with Crippen molar-refractivity contribution in [3.63, 3.8) is 0 Å². The highest BCUT2D eigenvalue weighted by Crippen LogP contribution is 2.02. The van der Waals surface area contributed by atoms with E-state index < -0.39 is 5.97 Å². The average molecular weight is 264 g/mol. The van der Waals surface area contributed by atoms with Crippen molar-refractivity contribution in [1.82, 2.24) is 10.3 Å². The summed E-state index contributed by atoms with van der Waals surface area (Å²) in [6.07, 6.45) is 3.79. The van der Waals surface area contributed by atoms with E-state index in [2.05, 4.69) is 10.3 Å². The van der Waals surface area contributed by atoms with Crippen LogP contribution in [0.5, 0.6) is 0 Å². The van der Waals surface area contributed by atoms with Crippen LogP contribution in [-0.4, -0.2) is 41.7 Å². The molecule has 0 spiro atoms. The second-order valence-electron chi connectivity index (χ2n) is 3.90. The number of carboxylic acids is 1. The van der Waals surface area contributed by atoms with Gasteiger partial charge in [0, 0.05) is 25.9 Å². The van der Waals surface area contributed by atoms with Crippen LogP contribution in [0.15, 0.2) is 24.4 Å². The Morgan fingerprint density at radius 3 is 2.79 bits per heavy atom. The number of amides is 1. The molecule has 0 aliphatic carbocycles. The summed E-state index contributed by atoms with van der Waals surface area (Å²) in [5, 5.41) is 11.2. The number of aliphatic carboxylic acids is 1. The minimum Gasteiger partial charge on any atom is -0.478 e. The van der Waals surface area contributed by atoms with E-state index in [0.717, 1.165) is 6.08 Å². The molecule has 1 aromatic rings. The Morgan fingerprint density at radius 1 is 1.53 bits per heavy atom. The molecule has 1 atom stereocenters. The minimum atomic E-state index is -1.03. The zero-order chi connectivity index (χ0) is 14.3. The van der Waals surface area contributed by atoms with Gasteiger partial charge in [-0.05, 0) is 24.6 Å². The third-order valence-electron chi connectivity index (χ3n) is 2.39. The Hall–Kier alpha value is -2.21. The highest BCUT2D eigenvalue weighted by Gasteiger charge is 2.08. The summed E-state index contributed by atoms with van der Waals surface area (Å²) < 4.78 is 5.01. The first-order valence-electron chi connectivity index (χ1n) is 5.71. The molecule has 0 saturated carbocycles. The Balaban J connectivity index is 2.60. The average Bonchev–Trinajstić information content (AvgIpc) is 2.42. The van der Waals surface area contributed by atoms with Gasteiger partial charge in [0.25, 0.3) is 5.91 Å². The number of pyridine rings is 1. The van der Waals surface area contributed by atoms with Crippen molar-refractivity contribution in [2.24, 2.45) is 0 Å². The van der Waals surface area contributed by atoms with Crippen LogP contribution in [0.3, 0.4) is 0 Å². The van der Waals surface area contributed by atoms with E-state index in [0.29, 0.717) is 12.1 Å². The molecule has 1 heterocycles. The molecule has 0 aromatic carbocycles. The minimum absolute atomic E-state index is 0.0678. The highest BCUT2D eigenvalue weighted by atomic mass is 16.5. The molecule has 1 unspecified atom stereocenters. The monoisotopic (exact) mass is 264 g/mol. The summed E-state index contributed by atoms with van der Waals surface area (Å²) in [6.45, 7) is 2.24. The number of carboxylic acid groups (broad SMARTS) is 1. The van der Waals surface area contributed by atoms with Gasteiger partial charge in [0.15, 0.2) is 0 Å². The molecule has 2 N–H and O–H groups in total. The van der Waals surface area contributed by atoms with Crippen LogP contribution in [0.1, 0.15) is 23.0 Å². The highest BCUT2D eigenvalue weighted by molar-refractivity contribution is 5.92. The molecule has 6 heteroatoms. The number of carbonyl (C=O) groups is 2. The van der Waals surface area contributed by atoms with Gasteiger partial charge >= 0.3 is 5.97 Å². The Bertz CT molecular complexity index is 468. The lowest BCUT2D eigenvalue weighted by atomic mass is 10.2. The van der Waals surface area contributed by atoms with Crippen LogP contribution < -0.4 is 5.32 Å². The lowest BCUT2D eigenvalue weighted by molar-refractivity contribution is -0.131. The van der Waals surface area contributed by atoms with Gasteiger partial charge in [-0.3, -0.25) is 9.78 Å². The molecular formula is C13H16N2O4. The van der Waals surface area contributed by atoms with Crippen LogP contribution in [0.2, 0.25) is 0 Å². The zero-order valence-corrected chi connectivity index (χ0v) is 10.8. The number of methoxy groups -OCH3 is 1. The summed E-state index contributed by atoms with van der Waals surface area (Å²) in [7, 11) is 1.57. The van der Waals surface area contributed by atoms with Gasteiger partial charge in [0.1, 0.15) is 5.69 Å². The van der Waals surface area contributed by atoms with Crippen LogP contribution in [0.4, 0.5) is 0 Å². The van der Waals surface area contributed by atoms with Crippen molar-refractivity contribution in [3.05, 3.63) is 35.7 Å². The number of ether oxygens (including phenoxy) is 1. The summed E-state index contributed by atoms with van der Waals surface area (Å²) in [5.41, 5.74) is 0.889. The first-order valence-corrected chi connectivity index (χ1v) is 5.71. The number of hydrogen-bond donors (Lipinski definition) is 2. The van der Waals surface area contributed by atoms with Crippen molar-refractivity contribution >= 4 is 18.0 Å². The molecule has 0 fully saturated rings. The molecule has 6 nitrogen and oxygen atoms in total. The lowest BCUT2D eigenvalue weighted by Crippen LogP contribution is -2.32. The van der Waals surface area contributed by atoms with Crippen LogP contribution in [0, 0.1) is 0 Å². The van der Waals surface area contributed by atoms with E-state index >= 15 is 0 Å². The van der Waals surface area contributed by atoms with Gasteiger partial charge in [-0.25, -0.2) is 4.79 Å². The maximum atomic E-state index is 11.7. The van der Waals surface area contributed by atoms with E-state index in [1.165, 1.54) is 18.3 Å². The first-order chi connectivity index (χ1) is 9.02. The molecule has 0 aliphatic heterocycles. The molecule has 0 bridgehead atoms. The number of nitrogens with one attached hydrogen (secondary N) is 1. The maximum Gasteiger partial charge on any atom is 0.328 e.